The van der Waals surface area contributed by atoms with Gasteiger partial charge in [-0.1, -0.05) is 0 Å². The molecule has 21 heavy (non-hydrogen) atoms. The van der Waals surface area contributed by atoms with Crippen LogP contribution in [0.4, 0.5) is 18.9 Å². The molecular formula is C13H9F3N2O3. The van der Waals surface area contributed by atoms with Crippen molar-refractivity contribution in [3.05, 3.63) is 42.1 Å². The minimum atomic E-state index is -4.77. The molecule has 0 amide bonds. The van der Waals surface area contributed by atoms with Crippen LogP contribution >= 0.6 is 0 Å². The zero-order chi connectivity index (χ0) is 15.6. The number of hydrogen-bond acceptors (Lipinski definition) is 4. The summed E-state index contributed by atoms with van der Waals surface area (Å²) in [5, 5.41) is 8.96. The van der Waals surface area contributed by atoms with Crippen molar-refractivity contribution in [3.8, 4) is 17.0 Å². The van der Waals surface area contributed by atoms with E-state index < -0.39 is 12.3 Å². The quantitative estimate of drug-likeness (QED) is 0.910. The maximum atomic E-state index is 12.0. The summed E-state index contributed by atoms with van der Waals surface area (Å²) < 4.78 is 39.9. The molecule has 1 aromatic heterocycles. The Morgan fingerprint density at radius 1 is 1.24 bits per heavy atom. The molecule has 1 heterocycles. The number of aromatic nitrogens is 1. The van der Waals surface area contributed by atoms with Crippen molar-refractivity contribution in [2.45, 2.75) is 6.36 Å². The highest BCUT2D eigenvalue weighted by molar-refractivity contribution is 5.94. The summed E-state index contributed by atoms with van der Waals surface area (Å²) in [6, 6.07) is 6.15. The molecule has 110 valence electrons. The number of nitrogens with zero attached hydrogens (tertiary/aromatic N) is 1. The molecule has 0 saturated carbocycles. The number of nitrogens with two attached hydrogens (primary N) is 1. The number of aromatic carboxylic acids is 1. The molecule has 0 aliphatic rings. The van der Waals surface area contributed by atoms with Crippen LogP contribution in [0.1, 0.15) is 10.4 Å². The molecule has 0 spiro atoms. The van der Waals surface area contributed by atoms with Crippen LogP contribution in [0.2, 0.25) is 0 Å². The Morgan fingerprint density at radius 3 is 2.38 bits per heavy atom. The first-order valence-electron chi connectivity index (χ1n) is 5.61. The summed E-state index contributed by atoms with van der Waals surface area (Å²) in [6.45, 7) is 0. The van der Waals surface area contributed by atoms with Gasteiger partial charge in [0, 0.05) is 5.56 Å². The minimum absolute atomic E-state index is 0.00303. The van der Waals surface area contributed by atoms with Gasteiger partial charge in [0.1, 0.15) is 5.75 Å². The molecule has 1 aromatic carbocycles. The number of carboxylic acids is 1. The van der Waals surface area contributed by atoms with E-state index in [1.54, 1.807) is 0 Å². The van der Waals surface area contributed by atoms with Crippen molar-refractivity contribution in [3.63, 3.8) is 0 Å². The first-order chi connectivity index (χ1) is 9.76. The molecule has 0 saturated heterocycles. The molecule has 5 nitrogen and oxygen atoms in total. The maximum absolute atomic E-state index is 12.0. The van der Waals surface area contributed by atoms with Crippen LogP contribution in [0.3, 0.4) is 0 Å². The Morgan fingerprint density at radius 2 is 1.86 bits per heavy atom. The van der Waals surface area contributed by atoms with E-state index in [0.29, 0.717) is 5.56 Å². The zero-order valence-corrected chi connectivity index (χ0v) is 10.4. The van der Waals surface area contributed by atoms with Gasteiger partial charge in [0.2, 0.25) is 0 Å². The lowest BCUT2D eigenvalue weighted by atomic mass is 10.1. The molecule has 8 heteroatoms. The zero-order valence-electron chi connectivity index (χ0n) is 10.4. The Balaban J connectivity index is 2.31. The van der Waals surface area contributed by atoms with Gasteiger partial charge in [-0.2, -0.15) is 0 Å². The van der Waals surface area contributed by atoms with E-state index in [9.17, 15) is 18.0 Å². The predicted molar refractivity (Wildman–Crippen MR) is 67.7 cm³/mol. The Hall–Kier alpha value is -2.77. The third-order valence-corrected chi connectivity index (χ3v) is 2.55. The lowest BCUT2D eigenvalue weighted by Gasteiger charge is -2.09. The standard InChI is InChI=1S/C13H9F3N2O3/c14-13(15,16)21-8-3-1-7(2-4-8)11-5-9(12(19)20)10(17)6-18-11/h1-6H,17H2,(H,19,20). The van der Waals surface area contributed by atoms with Gasteiger partial charge in [-0.25, -0.2) is 4.79 Å². The fourth-order valence-corrected chi connectivity index (χ4v) is 1.64. The first-order valence-corrected chi connectivity index (χ1v) is 5.61. The van der Waals surface area contributed by atoms with Gasteiger partial charge >= 0.3 is 12.3 Å². The minimum Gasteiger partial charge on any atom is -0.478 e. The van der Waals surface area contributed by atoms with Gasteiger partial charge in [0.25, 0.3) is 0 Å². The van der Waals surface area contributed by atoms with Gasteiger partial charge in [0.05, 0.1) is 23.1 Å². The van der Waals surface area contributed by atoms with E-state index in [1.165, 1.54) is 24.4 Å². The highest BCUT2D eigenvalue weighted by Crippen LogP contribution is 2.26. The van der Waals surface area contributed by atoms with Crippen molar-refractivity contribution in [1.29, 1.82) is 0 Å². The number of pyridine rings is 1. The maximum Gasteiger partial charge on any atom is 0.573 e. The fraction of sp³-hybridized carbons (Fsp3) is 0.0769. The van der Waals surface area contributed by atoms with Crippen LogP contribution < -0.4 is 10.5 Å². The van der Waals surface area contributed by atoms with Crippen molar-refractivity contribution < 1.29 is 27.8 Å². The second-order valence-corrected chi connectivity index (χ2v) is 4.03. The summed E-state index contributed by atoms with van der Waals surface area (Å²) in [6.07, 6.45) is -3.59. The number of anilines is 1. The van der Waals surface area contributed by atoms with Crippen LogP contribution in [0, 0.1) is 0 Å². The third-order valence-electron chi connectivity index (χ3n) is 2.55. The van der Waals surface area contributed by atoms with Crippen LogP contribution in [0.25, 0.3) is 11.3 Å². The normalized spacial score (nSPS) is 11.2. The predicted octanol–water partition coefficient (Wildman–Crippen LogP) is 2.93. The number of alkyl halides is 3. The molecule has 0 aliphatic heterocycles. The summed E-state index contributed by atoms with van der Waals surface area (Å²) in [5.41, 5.74) is 6.06. The summed E-state index contributed by atoms with van der Waals surface area (Å²) in [7, 11) is 0. The second-order valence-electron chi connectivity index (χ2n) is 4.03. The summed E-state index contributed by atoms with van der Waals surface area (Å²) in [5.74, 6) is -1.59. The number of halogens is 3. The number of ether oxygens (including phenoxy) is 1. The van der Waals surface area contributed by atoms with Gasteiger partial charge in [0.15, 0.2) is 0 Å². The molecule has 0 bridgehead atoms. The Labute approximate surface area is 116 Å². The summed E-state index contributed by atoms with van der Waals surface area (Å²) in [4.78, 5) is 14.9. The molecule has 0 unspecified atom stereocenters. The molecule has 2 rings (SSSR count). The second kappa shape index (κ2) is 5.31. The molecule has 0 atom stereocenters. The smallest absolute Gasteiger partial charge is 0.478 e. The van der Waals surface area contributed by atoms with Gasteiger partial charge in [-0.15, -0.1) is 13.2 Å². The van der Waals surface area contributed by atoms with Crippen LogP contribution in [0.5, 0.6) is 5.75 Å². The van der Waals surface area contributed by atoms with Crippen LogP contribution in [0.15, 0.2) is 36.5 Å². The van der Waals surface area contributed by atoms with Crippen molar-refractivity contribution in [2.75, 3.05) is 5.73 Å². The number of rotatable bonds is 3. The highest BCUT2D eigenvalue weighted by Gasteiger charge is 2.30. The van der Waals surface area contributed by atoms with E-state index in [2.05, 4.69) is 9.72 Å². The van der Waals surface area contributed by atoms with Crippen LogP contribution in [-0.4, -0.2) is 22.4 Å². The van der Waals surface area contributed by atoms with Gasteiger partial charge in [-0.05, 0) is 30.3 Å². The van der Waals surface area contributed by atoms with Gasteiger partial charge < -0.3 is 15.6 Å². The molecular weight excluding hydrogens is 289 g/mol. The van der Waals surface area contributed by atoms with E-state index >= 15 is 0 Å². The molecule has 2 aromatic rings. The van der Waals surface area contributed by atoms with E-state index in [-0.39, 0.29) is 22.7 Å². The monoisotopic (exact) mass is 298 g/mol. The van der Waals surface area contributed by atoms with Crippen LogP contribution in [-0.2, 0) is 0 Å². The number of nitrogen functional groups attached to an aromatic ring is 1. The van der Waals surface area contributed by atoms with Crippen molar-refractivity contribution in [1.82, 2.24) is 4.98 Å². The van der Waals surface area contributed by atoms with E-state index in [1.807, 2.05) is 0 Å². The lowest BCUT2D eigenvalue weighted by Crippen LogP contribution is -2.16. The number of hydrogen-bond donors (Lipinski definition) is 2. The number of benzene rings is 1. The SMILES string of the molecule is Nc1cnc(-c2ccc(OC(F)(F)F)cc2)cc1C(=O)O. The molecule has 0 aliphatic carbocycles. The Kier molecular flexibility index (Phi) is 3.70. The largest absolute Gasteiger partial charge is 0.573 e. The summed E-state index contributed by atoms with van der Waals surface area (Å²) >= 11 is 0. The lowest BCUT2D eigenvalue weighted by molar-refractivity contribution is -0.274. The van der Waals surface area contributed by atoms with E-state index in [0.717, 1.165) is 12.1 Å². The average molecular weight is 298 g/mol. The molecule has 0 radical (unpaired) electrons. The highest BCUT2D eigenvalue weighted by atomic mass is 19.4. The van der Waals surface area contributed by atoms with Gasteiger partial charge in [-0.3, -0.25) is 4.98 Å². The topological polar surface area (TPSA) is 85.4 Å². The third kappa shape index (κ3) is 3.62. The molecule has 3 N–H and O–H groups in total. The average Bonchev–Trinajstić information content (AvgIpc) is 2.38. The van der Waals surface area contributed by atoms with Crippen molar-refractivity contribution >= 4 is 11.7 Å². The number of carboxylic acid groups (broad SMARTS) is 1. The van der Waals surface area contributed by atoms with Crippen molar-refractivity contribution in [2.24, 2.45) is 0 Å². The Bertz CT molecular complexity index is 669. The van der Waals surface area contributed by atoms with E-state index in [4.69, 9.17) is 10.8 Å². The first kappa shape index (κ1) is 14.6. The molecule has 0 fully saturated rings. The fourth-order valence-electron chi connectivity index (χ4n) is 1.64. The number of carbonyl (C=O) groups is 1.